The van der Waals surface area contributed by atoms with Gasteiger partial charge in [-0.15, -0.1) is 11.8 Å². The Labute approximate surface area is 134 Å². The molecule has 0 aliphatic carbocycles. The van der Waals surface area contributed by atoms with Gasteiger partial charge in [0.1, 0.15) is 5.54 Å². The van der Waals surface area contributed by atoms with Crippen LogP contribution in [0.15, 0.2) is 33.6 Å². The van der Waals surface area contributed by atoms with E-state index in [0.717, 1.165) is 22.3 Å². The Hall–Kier alpha value is -0.520. The molecule has 1 rings (SSSR count). The number of benzene rings is 1. The molecule has 20 heavy (non-hydrogen) atoms. The van der Waals surface area contributed by atoms with E-state index in [1.165, 1.54) is 0 Å². The molecular weight excluding hydrogens is 338 g/mol. The summed E-state index contributed by atoms with van der Waals surface area (Å²) in [6.07, 6.45) is 0.983. The molecule has 112 valence electrons. The third-order valence-electron chi connectivity index (χ3n) is 2.81. The van der Waals surface area contributed by atoms with Crippen molar-refractivity contribution in [3.05, 3.63) is 28.7 Å². The van der Waals surface area contributed by atoms with Gasteiger partial charge in [-0.3, -0.25) is 4.79 Å². The zero-order chi connectivity index (χ0) is 15.0. The van der Waals surface area contributed by atoms with Crippen LogP contribution < -0.4 is 5.32 Å². The molecule has 0 spiro atoms. The standard InChI is InChI=1S/C15H22BrNO2S/c1-4-9-17-15(3,14(18)19-5-2)11-20-13-8-6-7-12(16)10-13/h6-8,10,17H,4-5,9,11H2,1-3H3. The number of halogens is 1. The molecule has 5 heteroatoms. The lowest BCUT2D eigenvalue weighted by atomic mass is 10.1. The van der Waals surface area contributed by atoms with Gasteiger partial charge in [-0.25, -0.2) is 0 Å². The first kappa shape index (κ1) is 17.5. The number of carbonyl (C=O) groups is 1. The maximum Gasteiger partial charge on any atom is 0.326 e. The van der Waals surface area contributed by atoms with Gasteiger partial charge in [0.05, 0.1) is 6.61 Å². The molecule has 0 heterocycles. The average molecular weight is 360 g/mol. The van der Waals surface area contributed by atoms with Crippen molar-refractivity contribution in [1.82, 2.24) is 5.32 Å². The fraction of sp³-hybridized carbons (Fsp3) is 0.533. The number of ether oxygens (including phenoxy) is 1. The van der Waals surface area contributed by atoms with E-state index < -0.39 is 5.54 Å². The first-order chi connectivity index (χ1) is 9.51. The second-order valence-electron chi connectivity index (χ2n) is 4.73. The zero-order valence-electron chi connectivity index (χ0n) is 12.2. The van der Waals surface area contributed by atoms with Gasteiger partial charge in [0.15, 0.2) is 0 Å². The SMILES string of the molecule is CCCNC(C)(CSc1cccc(Br)c1)C(=O)OCC. The van der Waals surface area contributed by atoms with Crippen LogP contribution in [-0.2, 0) is 9.53 Å². The lowest BCUT2D eigenvalue weighted by Crippen LogP contribution is -2.52. The van der Waals surface area contributed by atoms with Gasteiger partial charge in [0.25, 0.3) is 0 Å². The van der Waals surface area contributed by atoms with Crippen LogP contribution in [0.3, 0.4) is 0 Å². The van der Waals surface area contributed by atoms with Crippen molar-refractivity contribution in [2.45, 2.75) is 37.6 Å². The Morgan fingerprint density at radius 3 is 2.80 bits per heavy atom. The lowest BCUT2D eigenvalue weighted by Gasteiger charge is -2.28. The van der Waals surface area contributed by atoms with Crippen LogP contribution in [-0.4, -0.2) is 30.4 Å². The highest BCUT2D eigenvalue weighted by molar-refractivity contribution is 9.10. The highest BCUT2D eigenvalue weighted by Crippen LogP contribution is 2.26. The minimum absolute atomic E-state index is 0.184. The summed E-state index contributed by atoms with van der Waals surface area (Å²) in [5.41, 5.74) is -0.654. The maximum atomic E-state index is 12.2. The molecule has 0 aliphatic rings. The Balaban J connectivity index is 2.71. The smallest absolute Gasteiger partial charge is 0.326 e. The molecule has 1 atom stereocenters. The van der Waals surface area contributed by atoms with Crippen molar-refractivity contribution < 1.29 is 9.53 Å². The third-order valence-corrected chi connectivity index (χ3v) is 4.62. The second-order valence-corrected chi connectivity index (χ2v) is 6.69. The van der Waals surface area contributed by atoms with E-state index in [1.807, 2.05) is 32.0 Å². The fourth-order valence-corrected chi connectivity index (χ4v) is 3.27. The van der Waals surface area contributed by atoms with E-state index in [4.69, 9.17) is 4.74 Å². The molecule has 1 aromatic carbocycles. The molecule has 1 N–H and O–H groups in total. The van der Waals surface area contributed by atoms with Gasteiger partial charge in [0.2, 0.25) is 0 Å². The van der Waals surface area contributed by atoms with E-state index in [0.29, 0.717) is 12.4 Å². The van der Waals surface area contributed by atoms with E-state index in [-0.39, 0.29) is 5.97 Å². The Morgan fingerprint density at radius 1 is 1.45 bits per heavy atom. The van der Waals surface area contributed by atoms with Crippen molar-refractivity contribution in [2.75, 3.05) is 18.9 Å². The molecule has 0 saturated carbocycles. The summed E-state index contributed by atoms with van der Waals surface area (Å²) in [5.74, 6) is 0.457. The average Bonchev–Trinajstić information content (AvgIpc) is 2.43. The van der Waals surface area contributed by atoms with Crippen LogP contribution >= 0.6 is 27.7 Å². The predicted molar refractivity (Wildman–Crippen MR) is 88.2 cm³/mol. The van der Waals surface area contributed by atoms with Gasteiger partial charge < -0.3 is 10.1 Å². The van der Waals surface area contributed by atoms with Gasteiger partial charge in [0, 0.05) is 15.1 Å². The van der Waals surface area contributed by atoms with Crippen LogP contribution in [0.25, 0.3) is 0 Å². The van der Waals surface area contributed by atoms with Crippen LogP contribution in [0.4, 0.5) is 0 Å². The molecule has 0 aromatic heterocycles. The summed E-state index contributed by atoms with van der Waals surface area (Å²) in [6.45, 7) is 7.03. The summed E-state index contributed by atoms with van der Waals surface area (Å²) in [6, 6.07) is 8.08. The first-order valence-electron chi connectivity index (χ1n) is 6.82. The van der Waals surface area contributed by atoms with Crippen molar-refractivity contribution in [1.29, 1.82) is 0 Å². The minimum atomic E-state index is -0.654. The predicted octanol–water partition coefficient (Wildman–Crippen LogP) is 3.86. The molecule has 1 unspecified atom stereocenters. The van der Waals surface area contributed by atoms with Crippen LogP contribution in [0.1, 0.15) is 27.2 Å². The number of hydrogen-bond donors (Lipinski definition) is 1. The second kappa shape index (κ2) is 8.70. The largest absolute Gasteiger partial charge is 0.465 e. The Kier molecular flexibility index (Phi) is 7.62. The number of hydrogen-bond acceptors (Lipinski definition) is 4. The van der Waals surface area contributed by atoms with Crippen molar-refractivity contribution in [3.8, 4) is 0 Å². The van der Waals surface area contributed by atoms with Crippen molar-refractivity contribution in [3.63, 3.8) is 0 Å². The Morgan fingerprint density at radius 2 is 2.20 bits per heavy atom. The van der Waals surface area contributed by atoms with Gasteiger partial charge in [-0.1, -0.05) is 28.9 Å². The highest BCUT2D eigenvalue weighted by atomic mass is 79.9. The zero-order valence-corrected chi connectivity index (χ0v) is 14.6. The molecular formula is C15H22BrNO2S. The molecule has 1 aromatic rings. The Bertz CT molecular complexity index is 442. The summed E-state index contributed by atoms with van der Waals surface area (Å²) < 4.78 is 6.24. The minimum Gasteiger partial charge on any atom is -0.465 e. The van der Waals surface area contributed by atoms with Crippen molar-refractivity contribution in [2.24, 2.45) is 0 Å². The number of thioether (sulfide) groups is 1. The summed E-state index contributed by atoms with van der Waals surface area (Å²) in [5, 5.41) is 3.31. The quantitative estimate of drug-likeness (QED) is 0.564. The highest BCUT2D eigenvalue weighted by Gasteiger charge is 2.34. The molecule has 0 fully saturated rings. The molecule has 0 radical (unpaired) electrons. The summed E-state index contributed by atoms with van der Waals surface area (Å²) >= 11 is 5.11. The molecule has 0 amide bonds. The monoisotopic (exact) mass is 359 g/mol. The lowest BCUT2D eigenvalue weighted by molar-refractivity contribution is -0.149. The molecule has 0 aliphatic heterocycles. The van der Waals surface area contributed by atoms with E-state index >= 15 is 0 Å². The topological polar surface area (TPSA) is 38.3 Å². The van der Waals surface area contributed by atoms with Gasteiger partial charge in [-0.05, 0) is 45.0 Å². The summed E-state index contributed by atoms with van der Waals surface area (Å²) in [4.78, 5) is 13.3. The molecule has 0 saturated heterocycles. The molecule has 3 nitrogen and oxygen atoms in total. The van der Waals surface area contributed by atoms with Crippen LogP contribution in [0, 0.1) is 0 Å². The van der Waals surface area contributed by atoms with E-state index in [1.54, 1.807) is 11.8 Å². The first-order valence-corrected chi connectivity index (χ1v) is 8.60. The van der Waals surface area contributed by atoms with Crippen LogP contribution in [0.5, 0.6) is 0 Å². The third kappa shape index (κ3) is 5.46. The maximum absolute atomic E-state index is 12.2. The fourth-order valence-electron chi connectivity index (χ4n) is 1.66. The van der Waals surface area contributed by atoms with E-state index in [9.17, 15) is 4.79 Å². The van der Waals surface area contributed by atoms with E-state index in [2.05, 4.69) is 34.2 Å². The van der Waals surface area contributed by atoms with Gasteiger partial charge in [-0.2, -0.15) is 0 Å². The summed E-state index contributed by atoms with van der Waals surface area (Å²) in [7, 11) is 0. The number of carbonyl (C=O) groups excluding carboxylic acids is 1. The van der Waals surface area contributed by atoms with Crippen molar-refractivity contribution >= 4 is 33.7 Å². The molecule has 0 bridgehead atoms. The van der Waals surface area contributed by atoms with Crippen LogP contribution in [0.2, 0.25) is 0 Å². The number of rotatable bonds is 8. The number of esters is 1. The number of nitrogens with one attached hydrogen (secondary N) is 1. The van der Waals surface area contributed by atoms with Gasteiger partial charge >= 0.3 is 5.97 Å². The normalized spacial score (nSPS) is 13.8.